The molecule has 21 heavy (non-hydrogen) atoms. The molecule has 0 amide bonds. The molecule has 2 heterocycles. The van der Waals surface area contributed by atoms with Crippen molar-refractivity contribution in [2.75, 3.05) is 26.3 Å². The van der Waals surface area contributed by atoms with E-state index >= 15 is 0 Å². The Labute approximate surface area is 136 Å². The van der Waals surface area contributed by atoms with Crippen molar-refractivity contribution in [3.63, 3.8) is 0 Å². The molecule has 4 rings (SSSR count). The van der Waals surface area contributed by atoms with Crippen LogP contribution in [0.25, 0.3) is 10.8 Å². The Morgan fingerprint density at radius 1 is 1.10 bits per heavy atom. The molecule has 0 aliphatic carbocycles. The van der Waals surface area contributed by atoms with Crippen molar-refractivity contribution >= 4 is 22.4 Å². The van der Waals surface area contributed by atoms with Gasteiger partial charge in [0, 0.05) is 16.1 Å². The van der Waals surface area contributed by atoms with Crippen LogP contribution in [0.4, 0.5) is 0 Å². The van der Waals surface area contributed by atoms with Crippen molar-refractivity contribution < 1.29 is 21.6 Å². The molecular weight excluding hydrogens is 305 g/mol. The fourth-order valence-electron chi connectivity index (χ4n) is 3.82. The number of fused-ring (bicyclic) bond motifs is 2. The molecule has 0 radical (unpaired) electrons. The summed E-state index contributed by atoms with van der Waals surface area (Å²) >= 11 is 6.16. The van der Waals surface area contributed by atoms with E-state index in [4.69, 9.17) is 16.3 Å². The van der Waals surface area contributed by atoms with Gasteiger partial charge in [0.25, 0.3) is 0 Å². The minimum Gasteiger partial charge on any atom is -1.00 e. The molecule has 0 aromatic heterocycles. The van der Waals surface area contributed by atoms with Crippen molar-refractivity contribution in [1.29, 1.82) is 0 Å². The second-order valence-electron chi connectivity index (χ2n) is 6.22. The zero-order valence-electron chi connectivity index (χ0n) is 12.2. The first-order valence-electron chi connectivity index (χ1n) is 7.30. The predicted octanol–water partition coefficient (Wildman–Crippen LogP) is 0.666. The fraction of sp³-hybridized carbons (Fsp3) is 0.412. The number of ether oxygens (including phenoxy) is 1. The Kier molecular flexibility index (Phi) is 3.91. The Morgan fingerprint density at radius 2 is 1.86 bits per heavy atom. The van der Waals surface area contributed by atoms with E-state index in [9.17, 15) is 0 Å². The van der Waals surface area contributed by atoms with Crippen molar-refractivity contribution in [2.45, 2.75) is 20.0 Å². The normalized spacial score (nSPS) is 19.5. The lowest BCUT2D eigenvalue weighted by Gasteiger charge is -2.37. The molecule has 0 atom stereocenters. The number of morpholine rings is 1. The van der Waals surface area contributed by atoms with Crippen LogP contribution < -0.4 is 12.4 Å². The Hall–Kier alpha value is -0.800. The van der Waals surface area contributed by atoms with Crippen LogP contribution in [-0.2, 0) is 17.8 Å². The van der Waals surface area contributed by atoms with Gasteiger partial charge in [-0.15, -0.1) is 0 Å². The molecule has 112 valence electrons. The first-order chi connectivity index (χ1) is 9.67. The highest BCUT2D eigenvalue weighted by atomic mass is 35.5. The lowest BCUT2D eigenvalue weighted by molar-refractivity contribution is -0.953. The monoisotopic (exact) mass is 323 g/mol. The number of quaternary nitrogens is 1. The number of aryl methyl sites for hydroxylation is 1. The molecule has 1 spiro atoms. The second-order valence-corrected chi connectivity index (χ2v) is 6.66. The van der Waals surface area contributed by atoms with Crippen LogP contribution in [-0.4, -0.2) is 30.8 Å². The van der Waals surface area contributed by atoms with Gasteiger partial charge < -0.3 is 21.6 Å². The van der Waals surface area contributed by atoms with Gasteiger partial charge in [-0.05, 0) is 41.5 Å². The van der Waals surface area contributed by atoms with Gasteiger partial charge in [-0.25, -0.2) is 0 Å². The Morgan fingerprint density at radius 3 is 2.62 bits per heavy atom. The summed E-state index contributed by atoms with van der Waals surface area (Å²) in [7, 11) is 0. The average Bonchev–Trinajstić information content (AvgIpc) is 2.79. The first kappa shape index (κ1) is 15.1. The smallest absolute Gasteiger partial charge is 0.106 e. The summed E-state index contributed by atoms with van der Waals surface area (Å²) in [6.45, 7) is 8.66. The van der Waals surface area contributed by atoms with Gasteiger partial charge in [0.2, 0.25) is 0 Å². The molecule has 2 aliphatic heterocycles. The highest BCUT2D eigenvalue weighted by molar-refractivity contribution is 6.31. The Bertz CT molecular complexity index is 693. The molecular formula is C17H19Cl2NO. The number of halogens is 2. The number of hydrogen-bond donors (Lipinski definition) is 0. The summed E-state index contributed by atoms with van der Waals surface area (Å²) in [6.07, 6.45) is 0. The quantitative estimate of drug-likeness (QED) is 0.647. The maximum absolute atomic E-state index is 6.16. The predicted molar refractivity (Wildman–Crippen MR) is 81.9 cm³/mol. The molecule has 2 aliphatic rings. The van der Waals surface area contributed by atoms with Gasteiger partial charge in [-0.3, -0.25) is 0 Å². The van der Waals surface area contributed by atoms with E-state index in [0.717, 1.165) is 44.4 Å². The van der Waals surface area contributed by atoms with Crippen molar-refractivity contribution in [2.24, 2.45) is 0 Å². The minimum absolute atomic E-state index is 0. The van der Waals surface area contributed by atoms with Gasteiger partial charge in [-0.2, -0.15) is 0 Å². The number of hydrogen-bond acceptors (Lipinski definition) is 1. The van der Waals surface area contributed by atoms with Gasteiger partial charge in [0.05, 0.1) is 13.2 Å². The van der Waals surface area contributed by atoms with Gasteiger partial charge in [-0.1, -0.05) is 17.7 Å². The Balaban J connectivity index is 0.00000132. The van der Waals surface area contributed by atoms with Crippen molar-refractivity contribution in [3.05, 3.63) is 46.0 Å². The topological polar surface area (TPSA) is 9.23 Å². The highest BCUT2D eigenvalue weighted by Gasteiger charge is 2.38. The third kappa shape index (κ3) is 2.44. The van der Waals surface area contributed by atoms with E-state index in [0.29, 0.717) is 0 Å². The number of nitrogens with zero attached hydrogens (tertiary/aromatic N) is 1. The van der Waals surface area contributed by atoms with Crippen LogP contribution in [0.3, 0.4) is 0 Å². The molecule has 2 nitrogen and oxygen atoms in total. The average molecular weight is 324 g/mol. The molecule has 1 fully saturated rings. The third-order valence-corrected chi connectivity index (χ3v) is 5.24. The van der Waals surface area contributed by atoms with Gasteiger partial charge in [0.15, 0.2) is 0 Å². The van der Waals surface area contributed by atoms with Crippen molar-refractivity contribution in [1.82, 2.24) is 0 Å². The summed E-state index contributed by atoms with van der Waals surface area (Å²) in [6, 6.07) is 8.61. The lowest BCUT2D eigenvalue weighted by atomic mass is 9.97. The van der Waals surface area contributed by atoms with Crippen molar-refractivity contribution in [3.8, 4) is 0 Å². The van der Waals surface area contributed by atoms with E-state index in [2.05, 4.69) is 25.1 Å². The molecule has 2 aromatic rings. The van der Waals surface area contributed by atoms with E-state index in [1.54, 1.807) is 5.56 Å². The zero-order chi connectivity index (χ0) is 13.7. The van der Waals surface area contributed by atoms with Crippen LogP contribution in [0.1, 0.15) is 16.7 Å². The molecule has 1 saturated heterocycles. The lowest BCUT2D eigenvalue weighted by Crippen LogP contribution is -3.00. The SMILES string of the molecule is Cc1c2c(cc3ccc(Cl)cc13)C[N+]1(CCOCC1)C2.[Cl-]. The minimum atomic E-state index is 0. The molecule has 0 unspecified atom stereocenters. The number of rotatable bonds is 0. The largest absolute Gasteiger partial charge is 1.00 e. The summed E-state index contributed by atoms with van der Waals surface area (Å²) < 4.78 is 6.73. The van der Waals surface area contributed by atoms with Crippen LogP contribution in [0, 0.1) is 6.92 Å². The standard InChI is InChI=1S/C17H19ClNO.ClH/c1-12-16-9-15(18)3-2-13(16)8-14-10-19(11-17(12)14)4-6-20-7-5-19;/h2-3,8-9H,4-7,10-11H2,1H3;1H/q+1;/p-1. The van der Waals surface area contributed by atoms with Crippen LogP contribution in [0.2, 0.25) is 5.02 Å². The molecule has 4 heteroatoms. The highest BCUT2D eigenvalue weighted by Crippen LogP contribution is 2.37. The first-order valence-corrected chi connectivity index (χ1v) is 7.68. The summed E-state index contributed by atoms with van der Waals surface area (Å²) in [5, 5.41) is 3.46. The van der Waals surface area contributed by atoms with E-state index in [1.165, 1.54) is 26.4 Å². The van der Waals surface area contributed by atoms with E-state index < -0.39 is 0 Å². The molecule has 0 saturated carbocycles. The number of benzene rings is 2. The summed E-state index contributed by atoms with van der Waals surface area (Å²) in [4.78, 5) is 0. The second kappa shape index (κ2) is 5.44. The maximum Gasteiger partial charge on any atom is 0.106 e. The van der Waals surface area contributed by atoms with Gasteiger partial charge >= 0.3 is 0 Å². The van der Waals surface area contributed by atoms with Crippen LogP contribution >= 0.6 is 11.6 Å². The van der Waals surface area contributed by atoms with Crippen LogP contribution in [0.15, 0.2) is 24.3 Å². The molecule has 0 N–H and O–H groups in total. The van der Waals surface area contributed by atoms with E-state index in [1.807, 2.05) is 6.07 Å². The summed E-state index contributed by atoms with van der Waals surface area (Å²) in [5.74, 6) is 0. The van der Waals surface area contributed by atoms with Crippen LogP contribution in [0.5, 0.6) is 0 Å². The van der Waals surface area contributed by atoms with Gasteiger partial charge in [0.1, 0.15) is 26.2 Å². The van der Waals surface area contributed by atoms with E-state index in [-0.39, 0.29) is 12.4 Å². The molecule has 0 bridgehead atoms. The molecule has 2 aromatic carbocycles. The zero-order valence-corrected chi connectivity index (χ0v) is 13.7. The maximum atomic E-state index is 6.16. The fourth-order valence-corrected chi connectivity index (χ4v) is 3.99. The third-order valence-electron chi connectivity index (χ3n) is 5.01. The summed E-state index contributed by atoms with van der Waals surface area (Å²) in [5.41, 5.74) is 4.49.